The van der Waals surface area contributed by atoms with Crippen molar-refractivity contribution in [3.8, 4) is 0 Å². The van der Waals surface area contributed by atoms with Crippen molar-refractivity contribution in [2.75, 3.05) is 5.32 Å². The largest absolute Gasteiger partial charge is 0.360 e. The van der Waals surface area contributed by atoms with Crippen molar-refractivity contribution in [3.05, 3.63) is 47.1 Å². The summed E-state index contributed by atoms with van der Waals surface area (Å²) in [6, 6.07) is 6.17. The van der Waals surface area contributed by atoms with Crippen molar-refractivity contribution < 1.29 is 13.7 Å². The molecular formula is C14H13FN2O2. The van der Waals surface area contributed by atoms with Crippen molar-refractivity contribution in [1.29, 1.82) is 0 Å². The molecule has 3 rings (SSSR count). The van der Waals surface area contributed by atoms with Crippen molar-refractivity contribution in [1.82, 2.24) is 5.16 Å². The van der Waals surface area contributed by atoms with E-state index >= 15 is 0 Å². The molecule has 1 amide bonds. The molecule has 1 fully saturated rings. The molecule has 1 aliphatic carbocycles. The lowest BCUT2D eigenvalue weighted by atomic mass is 10.2. The normalized spacial score (nSPS) is 14.4. The average Bonchev–Trinajstić information content (AvgIpc) is 3.11. The maximum absolute atomic E-state index is 13.5. The van der Waals surface area contributed by atoms with Crippen LogP contribution in [0.25, 0.3) is 0 Å². The van der Waals surface area contributed by atoms with Crippen LogP contribution in [0.1, 0.15) is 40.6 Å². The number of rotatable bonds is 3. The summed E-state index contributed by atoms with van der Waals surface area (Å²) in [6.07, 6.45) is 2.14. The number of nitrogens with zero attached hydrogens (tertiary/aromatic N) is 1. The van der Waals surface area contributed by atoms with Crippen LogP contribution in [0.4, 0.5) is 10.1 Å². The van der Waals surface area contributed by atoms with E-state index in [9.17, 15) is 9.18 Å². The smallest absolute Gasteiger partial charge is 0.277 e. The van der Waals surface area contributed by atoms with E-state index in [1.807, 2.05) is 6.92 Å². The number of hydrogen-bond donors (Lipinski definition) is 1. The first-order valence-corrected chi connectivity index (χ1v) is 6.17. The van der Waals surface area contributed by atoms with Crippen LogP contribution in [0.2, 0.25) is 0 Å². The molecule has 0 radical (unpaired) electrons. The Labute approximate surface area is 109 Å². The molecule has 0 saturated heterocycles. The van der Waals surface area contributed by atoms with Gasteiger partial charge in [0.25, 0.3) is 5.91 Å². The van der Waals surface area contributed by atoms with Gasteiger partial charge in [-0.1, -0.05) is 11.2 Å². The second-order valence-corrected chi connectivity index (χ2v) is 4.83. The number of nitrogens with one attached hydrogen (secondary N) is 1. The molecule has 1 aromatic heterocycles. The minimum atomic E-state index is -0.468. The van der Waals surface area contributed by atoms with Crippen LogP contribution in [0.5, 0.6) is 0 Å². The highest BCUT2D eigenvalue weighted by Crippen LogP contribution is 2.40. The monoisotopic (exact) mass is 260 g/mol. The molecule has 0 aliphatic heterocycles. The topological polar surface area (TPSA) is 55.1 Å². The van der Waals surface area contributed by atoms with Gasteiger partial charge in [0.05, 0.1) is 5.69 Å². The van der Waals surface area contributed by atoms with Gasteiger partial charge in [-0.2, -0.15) is 0 Å². The zero-order valence-corrected chi connectivity index (χ0v) is 10.4. The van der Waals surface area contributed by atoms with Crippen LogP contribution in [-0.2, 0) is 0 Å². The molecule has 19 heavy (non-hydrogen) atoms. The van der Waals surface area contributed by atoms with Crippen LogP contribution in [-0.4, -0.2) is 11.1 Å². The van der Waals surface area contributed by atoms with Crippen LogP contribution in [0, 0.1) is 12.7 Å². The number of amides is 1. The summed E-state index contributed by atoms with van der Waals surface area (Å²) in [5, 5.41) is 6.22. The van der Waals surface area contributed by atoms with E-state index in [0.717, 1.165) is 24.2 Å². The molecule has 98 valence electrons. The molecule has 4 nitrogen and oxygen atoms in total. The third kappa shape index (κ3) is 2.50. The number of benzene rings is 1. The minimum absolute atomic E-state index is 0.154. The Hall–Kier alpha value is -2.17. The molecule has 1 N–H and O–H groups in total. The molecule has 0 bridgehead atoms. The molecular weight excluding hydrogens is 247 g/mol. The fourth-order valence-electron chi connectivity index (χ4n) is 1.88. The summed E-state index contributed by atoms with van der Waals surface area (Å²) < 4.78 is 18.6. The van der Waals surface area contributed by atoms with Gasteiger partial charge in [0, 0.05) is 12.0 Å². The Balaban J connectivity index is 1.77. The van der Waals surface area contributed by atoms with Gasteiger partial charge in [-0.3, -0.25) is 4.79 Å². The van der Waals surface area contributed by atoms with Crippen molar-refractivity contribution in [2.24, 2.45) is 0 Å². The first-order chi connectivity index (χ1) is 9.13. The third-order valence-electron chi connectivity index (χ3n) is 3.11. The molecule has 0 unspecified atom stereocenters. The predicted octanol–water partition coefficient (Wildman–Crippen LogP) is 3.25. The van der Waals surface area contributed by atoms with E-state index in [2.05, 4.69) is 10.5 Å². The van der Waals surface area contributed by atoms with Gasteiger partial charge in [-0.05, 0) is 37.5 Å². The number of aryl methyl sites for hydroxylation is 1. The highest BCUT2D eigenvalue weighted by Gasteiger charge is 2.29. The Morgan fingerprint density at radius 3 is 2.95 bits per heavy atom. The van der Waals surface area contributed by atoms with Gasteiger partial charge in [0.15, 0.2) is 5.69 Å². The highest BCUT2D eigenvalue weighted by atomic mass is 19.1. The second-order valence-electron chi connectivity index (χ2n) is 4.83. The number of carbonyl (C=O) groups excluding carboxylic acids is 1. The molecule has 1 saturated carbocycles. The van der Waals surface area contributed by atoms with Gasteiger partial charge in [0.1, 0.15) is 11.6 Å². The van der Waals surface area contributed by atoms with Crippen LogP contribution in [0.3, 0.4) is 0 Å². The fraction of sp³-hybridized carbons (Fsp3) is 0.286. The first kappa shape index (κ1) is 11.9. The van der Waals surface area contributed by atoms with Gasteiger partial charge >= 0.3 is 0 Å². The number of carbonyl (C=O) groups is 1. The lowest BCUT2D eigenvalue weighted by Gasteiger charge is -2.05. The van der Waals surface area contributed by atoms with E-state index in [0.29, 0.717) is 5.92 Å². The molecule has 0 atom stereocenters. The van der Waals surface area contributed by atoms with Gasteiger partial charge < -0.3 is 9.84 Å². The fourth-order valence-corrected chi connectivity index (χ4v) is 1.88. The number of halogens is 1. The van der Waals surface area contributed by atoms with Gasteiger partial charge in [-0.25, -0.2) is 4.39 Å². The van der Waals surface area contributed by atoms with Crippen LogP contribution in [0.15, 0.2) is 28.8 Å². The quantitative estimate of drug-likeness (QED) is 0.921. The molecule has 1 heterocycles. The summed E-state index contributed by atoms with van der Waals surface area (Å²) in [4.78, 5) is 11.9. The summed E-state index contributed by atoms with van der Waals surface area (Å²) in [5.74, 6) is 0.199. The maximum Gasteiger partial charge on any atom is 0.277 e. The van der Waals surface area contributed by atoms with E-state index in [4.69, 9.17) is 4.52 Å². The number of anilines is 1. The van der Waals surface area contributed by atoms with Crippen molar-refractivity contribution in [3.63, 3.8) is 0 Å². The predicted molar refractivity (Wildman–Crippen MR) is 67.6 cm³/mol. The van der Waals surface area contributed by atoms with Gasteiger partial charge in [0.2, 0.25) is 0 Å². The Morgan fingerprint density at radius 2 is 2.21 bits per heavy atom. The van der Waals surface area contributed by atoms with Crippen molar-refractivity contribution in [2.45, 2.75) is 25.7 Å². The lowest BCUT2D eigenvalue weighted by Crippen LogP contribution is -2.13. The first-order valence-electron chi connectivity index (χ1n) is 6.17. The average molecular weight is 260 g/mol. The molecule has 5 heteroatoms. The second kappa shape index (κ2) is 4.50. The van der Waals surface area contributed by atoms with Gasteiger partial charge in [-0.15, -0.1) is 0 Å². The maximum atomic E-state index is 13.5. The third-order valence-corrected chi connectivity index (χ3v) is 3.11. The zero-order chi connectivity index (χ0) is 13.4. The SMILES string of the molecule is Cc1ccc(F)c(NC(=O)c2cc(C3CC3)on2)c1. The van der Waals surface area contributed by atoms with E-state index in [-0.39, 0.29) is 11.4 Å². The molecule has 1 aromatic carbocycles. The van der Waals surface area contributed by atoms with E-state index in [1.54, 1.807) is 18.2 Å². The lowest BCUT2D eigenvalue weighted by molar-refractivity contribution is 0.101. The summed E-state index contributed by atoms with van der Waals surface area (Å²) in [6.45, 7) is 1.83. The van der Waals surface area contributed by atoms with Crippen LogP contribution < -0.4 is 5.32 Å². The number of hydrogen-bond acceptors (Lipinski definition) is 3. The van der Waals surface area contributed by atoms with Crippen LogP contribution >= 0.6 is 0 Å². The number of aromatic nitrogens is 1. The molecule has 2 aromatic rings. The minimum Gasteiger partial charge on any atom is -0.360 e. The van der Waals surface area contributed by atoms with E-state index in [1.165, 1.54) is 6.07 Å². The Kier molecular flexibility index (Phi) is 2.81. The van der Waals surface area contributed by atoms with E-state index < -0.39 is 11.7 Å². The summed E-state index contributed by atoms with van der Waals surface area (Å²) in [7, 11) is 0. The van der Waals surface area contributed by atoms with Crippen molar-refractivity contribution >= 4 is 11.6 Å². The zero-order valence-electron chi connectivity index (χ0n) is 10.4. The Bertz CT molecular complexity index is 632. The highest BCUT2D eigenvalue weighted by molar-refractivity contribution is 6.02. The molecule has 0 spiro atoms. The molecule has 1 aliphatic rings. The standard InChI is InChI=1S/C14H13FN2O2/c1-8-2-5-10(15)11(6-8)16-14(18)12-7-13(19-17-12)9-3-4-9/h2,5-7,9H,3-4H2,1H3,(H,16,18). The Morgan fingerprint density at radius 1 is 1.42 bits per heavy atom. The summed E-state index contributed by atoms with van der Waals surface area (Å²) in [5.41, 5.74) is 1.21. The summed E-state index contributed by atoms with van der Waals surface area (Å²) >= 11 is 0.